The minimum absolute atomic E-state index is 0.0969. The van der Waals surface area contributed by atoms with Crippen molar-refractivity contribution in [3.8, 4) is 0 Å². The van der Waals surface area contributed by atoms with Gasteiger partial charge in [-0.15, -0.1) is 0 Å². The highest BCUT2D eigenvalue weighted by molar-refractivity contribution is 5.76. The van der Waals surface area contributed by atoms with Gasteiger partial charge in [-0.05, 0) is 6.07 Å². The molecule has 0 unspecified atom stereocenters. The summed E-state index contributed by atoms with van der Waals surface area (Å²) in [5, 5.41) is 9.35. The van der Waals surface area contributed by atoms with E-state index < -0.39 is 6.17 Å². The molecule has 10 heteroatoms. The molecule has 1 aliphatic heterocycles. The third kappa shape index (κ3) is 4.44. The van der Waals surface area contributed by atoms with Crippen LogP contribution in [0.15, 0.2) is 18.6 Å². The van der Waals surface area contributed by atoms with Gasteiger partial charge in [0.1, 0.15) is 24.1 Å². The van der Waals surface area contributed by atoms with E-state index in [0.29, 0.717) is 43.4 Å². The molecule has 2 aromatic heterocycles. The highest BCUT2D eigenvalue weighted by Gasteiger charge is 2.33. The zero-order valence-electron chi connectivity index (χ0n) is 14.9. The number of hydrogen-bond acceptors (Lipinski definition) is 7. The molecular weight excluding hydrogens is 339 g/mol. The largest absolute Gasteiger partial charge is 0.354 e. The van der Waals surface area contributed by atoms with Crippen LogP contribution in [0.4, 0.5) is 16.2 Å². The van der Waals surface area contributed by atoms with E-state index in [9.17, 15) is 9.18 Å². The number of aryl methyl sites for hydroxylation is 1. The van der Waals surface area contributed by atoms with E-state index in [0.717, 1.165) is 0 Å². The minimum Gasteiger partial charge on any atom is -0.354 e. The molecule has 2 N–H and O–H groups in total. The van der Waals surface area contributed by atoms with E-state index in [2.05, 4.69) is 30.5 Å². The normalized spacial score (nSPS) is 19.6. The Kier molecular flexibility index (Phi) is 5.59. The van der Waals surface area contributed by atoms with Crippen LogP contribution in [0.2, 0.25) is 0 Å². The van der Waals surface area contributed by atoms with Crippen molar-refractivity contribution in [1.82, 2.24) is 30.5 Å². The van der Waals surface area contributed by atoms with Gasteiger partial charge in [-0.1, -0.05) is 0 Å². The minimum atomic E-state index is -0.941. The number of nitrogens with one attached hydrogen (secondary N) is 2. The number of carbonyl (C=O) groups is 1. The van der Waals surface area contributed by atoms with Crippen molar-refractivity contribution in [1.29, 1.82) is 0 Å². The average Bonchev–Trinajstić information content (AvgIpc) is 3.27. The van der Waals surface area contributed by atoms with E-state index in [1.807, 2.05) is 19.0 Å². The van der Waals surface area contributed by atoms with Crippen molar-refractivity contribution in [3.63, 3.8) is 0 Å². The number of halogens is 1. The Labute approximate surface area is 151 Å². The fourth-order valence-corrected chi connectivity index (χ4v) is 2.95. The number of alkyl halides is 1. The summed E-state index contributed by atoms with van der Waals surface area (Å²) in [6, 6.07) is 1.63. The van der Waals surface area contributed by atoms with Gasteiger partial charge in [0.05, 0.1) is 12.6 Å². The molecule has 1 fully saturated rings. The first-order chi connectivity index (χ1) is 12.5. The number of nitrogens with zero attached hydrogens (tertiary/aromatic N) is 6. The predicted molar refractivity (Wildman–Crippen MR) is 94.7 cm³/mol. The highest BCUT2D eigenvalue weighted by Crippen LogP contribution is 2.26. The molecule has 0 saturated carbocycles. The van der Waals surface area contributed by atoms with Crippen LogP contribution in [0.25, 0.3) is 0 Å². The molecule has 140 valence electrons. The first kappa shape index (κ1) is 18.0. The highest BCUT2D eigenvalue weighted by atomic mass is 19.1. The fraction of sp³-hybridized carbons (Fsp3) is 0.562. The van der Waals surface area contributed by atoms with E-state index in [-0.39, 0.29) is 18.5 Å². The van der Waals surface area contributed by atoms with E-state index >= 15 is 0 Å². The maximum atomic E-state index is 14.0. The smallest absolute Gasteiger partial charge is 0.226 e. The van der Waals surface area contributed by atoms with Crippen LogP contribution in [0, 0.1) is 0 Å². The molecule has 0 aromatic carbocycles. The summed E-state index contributed by atoms with van der Waals surface area (Å²) in [5.41, 5.74) is 0. The van der Waals surface area contributed by atoms with Gasteiger partial charge < -0.3 is 15.1 Å². The van der Waals surface area contributed by atoms with Gasteiger partial charge in [-0.3, -0.25) is 9.89 Å². The van der Waals surface area contributed by atoms with Gasteiger partial charge in [0.25, 0.3) is 0 Å². The number of carbonyl (C=O) groups excluding carboxylic acids is 1. The van der Waals surface area contributed by atoms with Crippen molar-refractivity contribution < 1.29 is 9.18 Å². The Bertz CT molecular complexity index is 723. The SMILES string of the molecule is CN(C)c1nccc(N2C[C@@H](F)C[C@H]2CNC(=O)CCc2ncn[nH]2)n1. The summed E-state index contributed by atoms with van der Waals surface area (Å²) in [4.78, 5) is 28.4. The summed E-state index contributed by atoms with van der Waals surface area (Å²) in [5.74, 6) is 1.81. The quantitative estimate of drug-likeness (QED) is 0.731. The van der Waals surface area contributed by atoms with Gasteiger partial charge in [-0.2, -0.15) is 10.1 Å². The topological polar surface area (TPSA) is 103 Å². The van der Waals surface area contributed by atoms with Gasteiger partial charge in [0.15, 0.2) is 0 Å². The molecule has 2 atom stereocenters. The van der Waals surface area contributed by atoms with Crippen molar-refractivity contribution in [2.75, 3.05) is 37.0 Å². The van der Waals surface area contributed by atoms with Crippen LogP contribution in [-0.2, 0) is 11.2 Å². The van der Waals surface area contributed by atoms with Gasteiger partial charge >= 0.3 is 0 Å². The van der Waals surface area contributed by atoms with Crippen LogP contribution >= 0.6 is 0 Å². The zero-order valence-corrected chi connectivity index (χ0v) is 14.9. The van der Waals surface area contributed by atoms with Crippen LogP contribution in [-0.4, -0.2) is 70.5 Å². The summed E-state index contributed by atoms with van der Waals surface area (Å²) < 4.78 is 14.0. The Morgan fingerprint density at radius 2 is 2.31 bits per heavy atom. The second-order valence-corrected chi connectivity index (χ2v) is 6.48. The molecule has 3 rings (SSSR count). The van der Waals surface area contributed by atoms with Gasteiger partial charge in [0, 0.05) is 46.1 Å². The summed E-state index contributed by atoms with van der Waals surface area (Å²) in [7, 11) is 3.71. The first-order valence-corrected chi connectivity index (χ1v) is 8.55. The van der Waals surface area contributed by atoms with Crippen LogP contribution in [0.1, 0.15) is 18.7 Å². The molecule has 0 aliphatic carbocycles. The molecule has 9 nitrogen and oxygen atoms in total. The molecule has 0 radical (unpaired) electrons. The Morgan fingerprint density at radius 3 is 3.04 bits per heavy atom. The lowest BCUT2D eigenvalue weighted by Gasteiger charge is -2.26. The number of aromatic nitrogens is 5. The lowest BCUT2D eigenvalue weighted by Crippen LogP contribution is -2.40. The molecule has 1 saturated heterocycles. The van der Waals surface area contributed by atoms with E-state index in [1.54, 1.807) is 17.2 Å². The van der Waals surface area contributed by atoms with E-state index in [1.165, 1.54) is 6.33 Å². The Morgan fingerprint density at radius 1 is 1.46 bits per heavy atom. The van der Waals surface area contributed by atoms with Gasteiger partial charge in [-0.25, -0.2) is 14.4 Å². The molecule has 3 heterocycles. The lowest BCUT2D eigenvalue weighted by atomic mass is 10.2. The number of rotatable bonds is 7. The second-order valence-electron chi connectivity index (χ2n) is 6.48. The van der Waals surface area contributed by atoms with Crippen molar-refractivity contribution in [2.45, 2.75) is 31.5 Å². The number of hydrogen-bond donors (Lipinski definition) is 2. The summed E-state index contributed by atoms with van der Waals surface area (Å²) in [6.07, 6.45) is 3.29. The average molecular weight is 362 g/mol. The maximum absolute atomic E-state index is 14.0. The Hall–Kier alpha value is -2.78. The molecule has 1 aliphatic rings. The molecule has 1 amide bonds. The first-order valence-electron chi connectivity index (χ1n) is 8.55. The monoisotopic (exact) mass is 362 g/mol. The third-order valence-electron chi connectivity index (χ3n) is 4.27. The molecular formula is C16H23FN8O. The number of H-pyrrole nitrogens is 1. The van der Waals surface area contributed by atoms with Crippen molar-refractivity contribution >= 4 is 17.7 Å². The van der Waals surface area contributed by atoms with Crippen LogP contribution in [0.5, 0.6) is 0 Å². The maximum Gasteiger partial charge on any atom is 0.226 e. The molecule has 2 aromatic rings. The number of aromatic amines is 1. The van der Waals surface area contributed by atoms with Crippen molar-refractivity contribution in [2.24, 2.45) is 0 Å². The molecule has 26 heavy (non-hydrogen) atoms. The fourth-order valence-electron chi connectivity index (χ4n) is 2.95. The standard InChI is InChI=1S/C16H23FN8O/c1-24(2)16-18-6-5-14(22-16)25-9-11(17)7-12(25)8-19-15(26)4-3-13-20-10-21-23-13/h5-6,10-12H,3-4,7-9H2,1-2H3,(H,19,26)(H,20,21,23)/t11-,12-/m0/s1. The summed E-state index contributed by atoms with van der Waals surface area (Å²) >= 11 is 0. The molecule has 0 bridgehead atoms. The van der Waals surface area contributed by atoms with Crippen LogP contribution < -0.4 is 15.1 Å². The second kappa shape index (κ2) is 8.07. The zero-order chi connectivity index (χ0) is 18.5. The number of anilines is 2. The molecule has 0 spiro atoms. The van der Waals surface area contributed by atoms with E-state index in [4.69, 9.17) is 0 Å². The van der Waals surface area contributed by atoms with Crippen LogP contribution in [0.3, 0.4) is 0 Å². The van der Waals surface area contributed by atoms with Gasteiger partial charge in [0.2, 0.25) is 11.9 Å². The lowest BCUT2D eigenvalue weighted by molar-refractivity contribution is -0.121. The van der Waals surface area contributed by atoms with Crippen molar-refractivity contribution in [3.05, 3.63) is 24.4 Å². The summed E-state index contributed by atoms with van der Waals surface area (Å²) in [6.45, 7) is 0.638. The third-order valence-corrected chi connectivity index (χ3v) is 4.27. The predicted octanol–water partition coefficient (Wildman–Crippen LogP) is 0.327. The Balaban J connectivity index is 1.57. The number of amides is 1.